The van der Waals surface area contributed by atoms with E-state index in [1.807, 2.05) is 0 Å². The van der Waals surface area contributed by atoms with Crippen LogP contribution in [-0.4, -0.2) is 92.3 Å². The molecule has 0 amide bonds. The highest BCUT2D eigenvalue weighted by Crippen LogP contribution is 2.24. The summed E-state index contributed by atoms with van der Waals surface area (Å²) in [7, 11) is 12.5. The fourth-order valence-corrected chi connectivity index (χ4v) is 8.72. The molecular formula is C14H34N2S3+2. The average Bonchev–Trinajstić information content (AvgIpc) is 2.25. The molecule has 19 heavy (non-hydrogen) atoms. The van der Waals surface area contributed by atoms with Crippen LogP contribution in [0.3, 0.4) is 0 Å². The zero-order valence-electron chi connectivity index (χ0n) is 13.8. The van der Waals surface area contributed by atoms with Gasteiger partial charge in [0.25, 0.3) is 0 Å². The molecule has 0 heterocycles. The van der Waals surface area contributed by atoms with Crippen molar-refractivity contribution in [2.45, 2.75) is 6.92 Å². The lowest BCUT2D eigenvalue weighted by Crippen LogP contribution is -2.36. The van der Waals surface area contributed by atoms with Crippen LogP contribution in [0.4, 0.5) is 0 Å². The third kappa shape index (κ3) is 12.3. The van der Waals surface area contributed by atoms with Crippen LogP contribution in [-0.2, 0) is 8.65 Å². The van der Waals surface area contributed by atoms with E-state index in [0.717, 1.165) is 4.48 Å². The topological polar surface area (TPSA) is 3.24 Å². The Hall–Kier alpha value is 0.840. The minimum Gasteiger partial charge on any atom is -0.330 e. The molecule has 1 atom stereocenters. The number of rotatable bonds is 11. The molecule has 0 rings (SSSR count). The Kier molecular flexibility index (Phi) is 10.1. The van der Waals surface area contributed by atoms with Gasteiger partial charge in [0, 0.05) is 34.6 Å². The Bertz CT molecular complexity index is 272. The second kappa shape index (κ2) is 9.72. The van der Waals surface area contributed by atoms with Gasteiger partial charge in [0.2, 0.25) is 0 Å². The molecule has 0 aliphatic carbocycles. The van der Waals surface area contributed by atoms with Crippen molar-refractivity contribution in [2.75, 3.05) is 77.1 Å². The Labute approximate surface area is 130 Å². The molecule has 0 aromatic heterocycles. The first-order valence-electron chi connectivity index (χ1n) is 6.97. The van der Waals surface area contributed by atoms with Crippen LogP contribution in [0.2, 0.25) is 0 Å². The summed E-state index contributed by atoms with van der Waals surface area (Å²) < 4.78 is 1.07. The molecule has 0 fully saturated rings. The number of thioether (sulfide) groups is 1. The molecule has 2 nitrogen and oxygen atoms in total. The SMILES string of the molecule is C=[S+](CCSCC[N+](C)(C)C)(CCN(C)C)SCC. The smallest absolute Gasteiger partial charge is 0.0976 e. The van der Waals surface area contributed by atoms with Crippen molar-refractivity contribution in [2.24, 2.45) is 0 Å². The van der Waals surface area contributed by atoms with Gasteiger partial charge >= 0.3 is 0 Å². The number of quaternary nitrogens is 1. The fraction of sp³-hybridized carbons (Fsp3) is 0.929. The van der Waals surface area contributed by atoms with Crippen LogP contribution in [0, 0.1) is 0 Å². The first kappa shape index (κ1) is 19.8. The molecule has 0 aliphatic heterocycles. The van der Waals surface area contributed by atoms with Crippen LogP contribution >= 0.6 is 22.6 Å². The van der Waals surface area contributed by atoms with E-state index in [1.54, 1.807) is 0 Å². The van der Waals surface area contributed by atoms with Crippen LogP contribution in [0.1, 0.15) is 6.92 Å². The molecule has 5 heteroatoms. The monoisotopic (exact) mass is 326 g/mol. The molecule has 0 spiro atoms. The maximum Gasteiger partial charge on any atom is 0.0976 e. The lowest BCUT2D eigenvalue weighted by molar-refractivity contribution is -0.867. The minimum absolute atomic E-state index is 0.701. The Morgan fingerprint density at radius 1 is 1.11 bits per heavy atom. The molecule has 0 bridgehead atoms. The molecule has 0 saturated carbocycles. The molecule has 1 unspecified atom stereocenters. The van der Waals surface area contributed by atoms with Crippen molar-refractivity contribution >= 4 is 37.1 Å². The quantitative estimate of drug-likeness (QED) is 0.188. The van der Waals surface area contributed by atoms with Crippen molar-refractivity contribution in [3.63, 3.8) is 0 Å². The van der Waals surface area contributed by atoms with E-state index in [-0.39, 0.29) is 0 Å². The van der Waals surface area contributed by atoms with Gasteiger partial charge in [0.1, 0.15) is 0 Å². The van der Waals surface area contributed by atoms with E-state index >= 15 is 0 Å². The van der Waals surface area contributed by atoms with Gasteiger partial charge in [-0.15, -0.1) is 0 Å². The van der Waals surface area contributed by atoms with Gasteiger partial charge in [0.05, 0.1) is 45.1 Å². The van der Waals surface area contributed by atoms with Crippen molar-refractivity contribution in [3.05, 3.63) is 0 Å². The van der Waals surface area contributed by atoms with Crippen molar-refractivity contribution in [3.8, 4) is 0 Å². The summed E-state index contributed by atoms with van der Waals surface area (Å²) in [4.78, 5) is 2.29. The highest BCUT2D eigenvalue weighted by atomic mass is 33.2. The van der Waals surface area contributed by atoms with Gasteiger partial charge in [-0.1, -0.05) is 15.6 Å². The molecule has 0 radical (unpaired) electrons. The van der Waals surface area contributed by atoms with Crippen molar-refractivity contribution in [1.82, 2.24) is 4.90 Å². The Balaban J connectivity index is 3.97. The normalized spacial score (nSPS) is 15.7. The van der Waals surface area contributed by atoms with E-state index in [4.69, 9.17) is 0 Å². The molecule has 116 valence electrons. The van der Waals surface area contributed by atoms with Crippen molar-refractivity contribution < 1.29 is 4.48 Å². The van der Waals surface area contributed by atoms with Gasteiger partial charge in [-0.05, 0) is 14.1 Å². The number of hydrogen-bond acceptors (Lipinski definition) is 3. The van der Waals surface area contributed by atoms with Gasteiger partial charge in [-0.2, -0.15) is 11.8 Å². The van der Waals surface area contributed by atoms with E-state index in [1.165, 1.54) is 41.9 Å². The summed E-state index contributed by atoms with van der Waals surface area (Å²) in [6.45, 7) is 4.69. The number of hydrogen-bond donors (Lipinski definition) is 0. The molecule has 0 saturated heterocycles. The Morgan fingerprint density at radius 3 is 2.21 bits per heavy atom. The fourth-order valence-electron chi connectivity index (χ4n) is 1.47. The van der Waals surface area contributed by atoms with E-state index in [2.05, 4.69) is 75.5 Å². The summed E-state index contributed by atoms with van der Waals surface area (Å²) in [6, 6.07) is 0. The first-order chi connectivity index (χ1) is 8.68. The summed E-state index contributed by atoms with van der Waals surface area (Å²) >= 11 is 2.11. The van der Waals surface area contributed by atoms with Crippen LogP contribution in [0.5, 0.6) is 0 Å². The summed E-state index contributed by atoms with van der Waals surface area (Å²) in [5.41, 5.74) is 0. The van der Waals surface area contributed by atoms with Gasteiger partial charge < -0.3 is 9.38 Å². The second-order valence-electron chi connectivity index (χ2n) is 6.21. The molecule has 0 aliphatic rings. The minimum atomic E-state index is -0.701. The lowest BCUT2D eigenvalue weighted by atomic mass is 10.6. The zero-order valence-corrected chi connectivity index (χ0v) is 16.2. The summed E-state index contributed by atoms with van der Waals surface area (Å²) in [5, 5.41) is 0. The maximum atomic E-state index is 4.58. The highest BCUT2D eigenvalue weighted by molar-refractivity contribution is 8.80. The summed E-state index contributed by atoms with van der Waals surface area (Å²) in [6.07, 6.45) is 0. The van der Waals surface area contributed by atoms with Gasteiger partial charge in [-0.3, -0.25) is 0 Å². The van der Waals surface area contributed by atoms with Crippen LogP contribution < -0.4 is 0 Å². The molecule has 0 aromatic rings. The van der Waals surface area contributed by atoms with E-state index in [0.29, 0.717) is 0 Å². The van der Waals surface area contributed by atoms with Gasteiger partial charge in [0.15, 0.2) is 0 Å². The van der Waals surface area contributed by atoms with E-state index < -0.39 is 8.65 Å². The Morgan fingerprint density at radius 2 is 1.74 bits per heavy atom. The zero-order chi connectivity index (χ0) is 14.9. The second-order valence-corrected chi connectivity index (χ2v) is 13.8. The molecule has 0 aromatic carbocycles. The van der Waals surface area contributed by atoms with E-state index in [9.17, 15) is 0 Å². The maximum absolute atomic E-state index is 4.58. The first-order valence-corrected chi connectivity index (χ1v) is 11.8. The molecular weight excluding hydrogens is 292 g/mol. The van der Waals surface area contributed by atoms with Crippen molar-refractivity contribution in [1.29, 1.82) is 0 Å². The highest BCUT2D eigenvalue weighted by Gasteiger charge is 2.20. The lowest BCUT2D eigenvalue weighted by Gasteiger charge is -2.23. The standard InChI is InChI=1S/C14H34N2S3/c1-8-18-19(7,13-9-15(2)3)14-12-17-11-10-16(4,5)6/h7-14H2,1-6H3/q+2. The third-order valence-electron chi connectivity index (χ3n) is 2.78. The third-order valence-corrected chi connectivity index (χ3v) is 9.82. The predicted octanol–water partition coefficient (Wildman–Crippen LogP) is 2.24. The predicted molar refractivity (Wildman–Crippen MR) is 101 cm³/mol. The number of nitrogens with zero attached hydrogens (tertiary/aromatic N) is 2. The van der Waals surface area contributed by atoms with Gasteiger partial charge in [-0.25, -0.2) is 0 Å². The average molecular weight is 327 g/mol. The van der Waals surface area contributed by atoms with Crippen LogP contribution in [0.25, 0.3) is 0 Å². The largest absolute Gasteiger partial charge is 0.330 e. The van der Waals surface area contributed by atoms with Crippen LogP contribution in [0.15, 0.2) is 0 Å². The summed E-state index contributed by atoms with van der Waals surface area (Å²) in [5.74, 6) is 10.9. The molecule has 0 N–H and O–H groups in total.